The first-order valence-electron chi connectivity index (χ1n) is 8.44. The molecule has 134 valence electrons. The van der Waals surface area contributed by atoms with E-state index in [1.807, 2.05) is 30.3 Å². The van der Waals surface area contributed by atoms with Crippen molar-refractivity contribution in [2.45, 2.75) is 13.3 Å². The molecule has 0 spiro atoms. The number of hydrogen-bond donors (Lipinski definition) is 1. The molecule has 1 N–H and O–H groups in total. The van der Waals surface area contributed by atoms with Crippen LogP contribution >= 0.6 is 0 Å². The molecule has 0 radical (unpaired) electrons. The third kappa shape index (κ3) is 3.64. The van der Waals surface area contributed by atoms with Gasteiger partial charge in [0.05, 0.1) is 12.1 Å². The van der Waals surface area contributed by atoms with Gasteiger partial charge in [0.1, 0.15) is 11.3 Å². The molecule has 0 aliphatic carbocycles. The third-order valence-electron chi connectivity index (χ3n) is 4.14. The quantitative estimate of drug-likeness (QED) is 0.557. The zero-order valence-corrected chi connectivity index (χ0v) is 14.6. The number of anilines is 1. The number of nitrogens with zero attached hydrogens (tertiary/aromatic N) is 1. The van der Waals surface area contributed by atoms with E-state index in [0.29, 0.717) is 28.6 Å². The van der Waals surface area contributed by atoms with Gasteiger partial charge in [0.25, 0.3) is 0 Å². The van der Waals surface area contributed by atoms with Crippen molar-refractivity contribution < 1.29 is 13.6 Å². The predicted molar refractivity (Wildman–Crippen MR) is 101 cm³/mol. The fourth-order valence-electron chi connectivity index (χ4n) is 2.80. The van der Waals surface area contributed by atoms with Crippen molar-refractivity contribution in [3.8, 4) is 11.5 Å². The zero-order chi connectivity index (χ0) is 18.8. The number of amides is 1. The van der Waals surface area contributed by atoms with Crippen molar-refractivity contribution in [1.29, 1.82) is 0 Å². The molecule has 2 aromatic carbocycles. The lowest BCUT2D eigenvalue weighted by Gasteiger charge is -2.05. The van der Waals surface area contributed by atoms with Crippen LogP contribution in [-0.2, 0) is 11.2 Å². The number of hydrogen-bond acceptors (Lipinski definition) is 5. The number of nitrogens with one attached hydrogen (secondary N) is 1. The van der Waals surface area contributed by atoms with Crippen LogP contribution in [0.4, 0.5) is 5.69 Å². The van der Waals surface area contributed by atoms with Gasteiger partial charge in [-0.05, 0) is 43.3 Å². The first kappa shape index (κ1) is 16.8. The molecule has 0 saturated carbocycles. The number of oxazole rings is 1. The summed E-state index contributed by atoms with van der Waals surface area (Å²) in [6.45, 7) is 1.79. The Kier molecular flexibility index (Phi) is 4.30. The van der Waals surface area contributed by atoms with Gasteiger partial charge < -0.3 is 14.2 Å². The van der Waals surface area contributed by atoms with Gasteiger partial charge in [-0.25, -0.2) is 9.78 Å². The van der Waals surface area contributed by atoms with Gasteiger partial charge in [-0.1, -0.05) is 18.2 Å². The highest BCUT2D eigenvalue weighted by atomic mass is 16.4. The number of fused-ring (bicyclic) bond motifs is 1. The fourth-order valence-corrected chi connectivity index (χ4v) is 2.80. The van der Waals surface area contributed by atoms with E-state index in [2.05, 4.69) is 10.3 Å². The zero-order valence-electron chi connectivity index (χ0n) is 14.6. The summed E-state index contributed by atoms with van der Waals surface area (Å²) in [5, 5.41) is 3.57. The second kappa shape index (κ2) is 6.92. The summed E-state index contributed by atoms with van der Waals surface area (Å²) in [6.07, 6.45) is 0.101. The minimum atomic E-state index is -0.407. The van der Waals surface area contributed by atoms with Crippen molar-refractivity contribution in [3.05, 3.63) is 82.5 Å². The van der Waals surface area contributed by atoms with Crippen molar-refractivity contribution in [2.75, 3.05) is 5.32 Å². The molecule has 2 aromatic heterocycles. The molecule has 4 rings (SSSR count). The Bertz CT molecular complexity index is 1180. The van der Waals surface area contributed by atoms with E-state index >= 15 is 0 Å². The standard InChI is InChI=1S/C21H16N2O4/c1-13-17(23-21(26-13)14-5-3-2-4-6-14)12-19(24)22-16-8-9-18-15(11-16)7-10-20(25)27-18/h2-11H,12H2,1H3,(H,22,24). The topological polar surface area (TPSA) is 85.3 Å². The van der Waals surface area contributed by atoms with Crippen molar-refractivity contribution >= 4 is 22.6 Å². The minimum Gasteiger partial charge on any atom is -0.441 e. The van der Waals surface area contributed by atoms with Crippen LogP contribution in [0.25, 0.3) is 22.4 Å². The smallest absolute Gasteiger partial charge is 0.336 e. The van der Waals surface area contributed by atoms with E-state index < -0.39 is 5.63 Å². The fraction of sp³-hybridized carbons (Fsp3) is 0.0952. The number of rotatable bonds is 4. The first-order valence-corrected chi connectivity index (χ1v) is 8.44. The normalized spacial score (nSPS) is 10.9. The van der Waals surface area contributed by atoms with Crippen LogP contribution in [0.5, 0.6) is 0 Å². The van der Waals surface area contributed by atoms with E-state index in [4.69, 9.17) is 8.83 Å². The summed E-state index contributed by atoms with van der Waals surface area (Å²) >= 11 is 0. The highest BCUT2D eigenvalue weighted by Gasteiger charge is 2.15. The molecule has 27 heavy (non-hydrogen) atoms. The number of aromatic nitrogens is 1. The van der Waals surface area contributed by atoms with Crippen LogP contribution in [0.2, 0.25) is 0 Å². The first-order chi connectivity index (χ1) is 13.1. The Morgan fingerprint density at radius 3 is 2.67 bits per heavy atom. The van der Waals surface area contributed by atoms with Crippen molar-refractivity contribution in [3.63, 3.8) is 0 Å². The lowest BCUT2D eigenvalue weighted by atomic mass is 10.2. The van der Waals surface area contributed by atoms with E-state index in [1.165, 1.54) is 6.07 Å². The largest absolute Gasteiger partial charge is 0.441 e. The summed E-state index contributed by atoms with van der Waals surface area (Å²) in [4.78, 5) is 28.1. The molecular weight excluding hydrogens is 344 g/mol. The molecule has 2 heterocycles. The Labute approximate surface area is 154 Å². The summed E-state index contributed by atoms with van der Waals surface area (Å²) in [5.74, 6) is 0.906. The molecule has 6 heteroatoms. The number of aryl methyl sites for hydroxylation is 1. The second-order valence-electron chi connectivity index (χ2n) is 6.12. The average molecular weight is 360 g/mol. The van der Waals surface area contributed by atoms with E-state index in [0.717, 1.165) is 10.9 Å². The van der Waals surface area contributed by atoms with Crippen molar-refractivity contribution in [1.82, 2.24) is 4.98 Å². The molecule has 6 nitrogen and oxygen atoms in total. The Balaban J connectivity index is 1.50. The second-order valence-corrected chi connectivity index (χ2v) is 6.12. The van der Waals surface area contributed by atoms with E-state index in [-0.39, 0.29) is 12.3 Å². The van der Waals surface area contributed by atoms with Gasteiger partial charge in [0.15, 0.2) is 0 Å². The van der Waals surface area contributed by atoms with Crippen LogP contribution in [0.1, 0.15) is 11.5 Å². The predicted octanol–water partition coefficient (Wildman–Crippen LogP) is 3.94. The number of benzene rings is 2. The van der Waals surface area contributed by atoms with Crippen LogP contribution < -0.4 is 10.9 Å². The molecule has 0 aliphatic rings. The Hall–Kier alpha value is -3.67. The highest BCUT2D eigenvalue weighted by molar-refractivity contribution is 5.94. The molecule has 0 saturated heterocycles. The van der Waals surface area contributed by atoms with E-state index in [9.17, 15) is 9.59 Å². The van der Waals surface area contributed by atoms with E-state index in [1.54, 1.807) is 31.2 Å². The lowest BCUT2D eigenvalue weighted by Crippen LogP contribution is -2.15. The third-order valence-corrected chi connectivity index (χ3v) is 4.14. The van der Waals surface area contributed by atoms with Gasteiger partial charge in [0.2, 0.25) is 11.8 Å². The molecule has 0 unspecified atom stereocenters. The summed E-state index contributed by atoms with van der Waals surface area (Å²) < 4.78 is 10.8. The Morgan fingerprint density at radius 1 is 1.04 bits per heavy atom. The molecule has 4 aromatic rings. The maximum absolute atomic E-state index is 12.4. The SMILES string of the molecule is Cc1oc(-c2ccccc2)nc1CC(=O)Nc1ccc2oc(=O)ccc2c1. The van der Waals surface area contributed by atoms with Crippen LogP contribution in [-0.4, -0.2) is 10.9 Å². The summed E-state index contributed by atoms with van der Waals surface area (Å²) in [7, 11) is 0. The minimum absolute atomic E-state index is 0.101. The molecule has 0 fully saturated rings. The van der Waals surface area contributed by atoms with Gasteiger partial charge in [0, 0.05) is 22.7 Å². The monoisotopic (exact) mass is 360 g/mol. The van der Waals surface area contributed by atoms with Gasteiger partial charge in [-0.2, -0.15) is 0 Å². The molecule has 1 amide bonds. The highest BCUT2D eigenvalue weighted by Crippen LogP contribution is 2.22. The average Bonchev–Trinajstić information content (AvgIpc) is 3.03. The van der Waals surface area contributed by atoms with Crippen molar-refractivity contribution in [2.24, 2.45) is 0 Å². The summed E-state index contributed by atoms with van der Waals surface area (Å²) in [6, 6.07) is 17.6. The molecule has 0 aliphatic heterocycles. The number of carbonyl (C=O) groups is 1. The van der Waals surface area contributed by atoms with Gasteiger partial charge >= 0.3 is 5.63 Å². The maximum Gasteiger partial charge on any atom is 0.336 e. The lowest BCUT2D eigenvalue weighted by molar-refractivity contribution is -0.115. The van der Waals surface area contributed by atoms with Crippen LogP contribution in [0, 0.1) is 6.92 Å². The maximum atomic E-state index is 12.4. The van der Waals surface area contributed by atoms with Gasteiger partial charge in [-0.15, -0.1) is 0 Å². The molecular formula is C21H16N2O4. The Morgan fingerprint density at radius 2 is 1.85 bits per heavy atom. The summed E-state index contributed by atoms with van der Waals surface area (Å²) in [5.41, 5.74) is 2.14. The molecule has 0 atom stereocenters. The van der Waals surface area contributed by atoms with Crippen LogP contribution in [0.3, 0.4) is 0 Å². The van der Waals surface area contributed by atoms with Crippen LogP contribution in [0.15, 0.2) is 74.3 Å². The molecule has 0 bridgehead atoms. The van der Waals surface area contributed by atoms with Gasteiger partial charge in [-0.3, -0.25) is 4.79 Å². The number of carbonyl (C=O) groups excluding carboxylic acids is 1.